The summed E-state index contributed by atoms with van der Waals surface area (Å²) in [4.78, 5) is 0. The Kier molecular flexibility index (Phi) is 7.46. The molecule has 124 valence electrons. The van der Waals surface area contributed by atoms with Gasteiger partial charge >= 0.3 is 0 Å². The third-order valence-electron chi connectivity index (χ3n) is 3.64. The lowest BCUT2D eigenvalue weighted by molar-refractivity contribution is -0.00923. The zero-order valence-corrected chi connectivity index (χ0v) is 14.6. The fourth-order valence-electron chi connectivity index (χ4n) is 2.26. The highest BCUT2D eigenvalue weighted by atomic mass is 16.5. The lowest BCUT2D eigenvalue weighted by Gasteiger charge is -2.25. The van der Waals surface area contributed by atoms with E-state index in [2.05, 4.69) is 27.7 Å². The fraction of sp³-hybridized carbons (Fsp3) is 0.579. The second-order valence-corrected chi connectivity index (χ2v) is 6.69. The second-order valence-electron chi connectivity index (χ2n) is 6.69. The molecule has 0 saturated carbocycles. The molecule has 1 N–H and O–H groups in total. The maximum Gasteiger partial charge on any atom is 0.161 e. The van der Waals surface area contributed by atoms with Crippen molar-refractivity contribution >= 4 is 6.08 Å². The van der Waals surface area contributed by atoms with E-state index in [0.717, 1.165) is 17.9 Å². The maximum atomic E-state index is 9.56. The second kappa shape index (κ2) is 8.84. The van der Waals surface area contributed by atoms with Crippen molar-refractivity contribution in [1.82, 2.24) is 0 Å². The Morgan fingerprint density at radius 1 is 1.27 bits per heavy atom. The van der Waals surface area contributed by atoms with E-state index in [0.29, 0.717) is 12.4 Å². The lowest BCUT2D eigenvalue weighted by atomic mass is 9.97. The molecule has 0 fully saturated rings. The standard InChI is InChI=1S/C19H30O3/c1-15(2)8-6-12-19(3,4)22-13-7-9-16-10-11-17(20)18(14-16)21-5/h7,9-11,14-15,20H,6,8,12-13H2,1-5H3/b9-7+. The van der Waals surface area contributed by atoms with Crippen LogP contribution in [0.25, 0.3) is 6.08 Å². The molecule has 0 unspecified atom stereocenters. The first-order valence-electron chi connectivity index (χ1n) is 8.01. The van der Waals surface area contributed by atoms with Crippen molar-refractivity contribution in [1.29, 1.82) is 0 Å². The van der Waals surface area contributed by atoms with Crippen LogP contribution in [0, 0.1) is 5.92 Å². The molecule has 0 saturated heterocycles. The molecule has 22 heavy (non-hydrogen) atoms. The Bertz CT molecular complexity index is 476. The Balaban J connectivity index is 2.42. The summed E-state index contributed by atoms with van der Waals surface area (Å²) in [5.74, 6) is 1.39. The predicted octanol–water partition coefficient (Wildman–Crippen LogP) is 5.04. The lowest BCUT2D eigenvalue weighted by Crippen LogP contribution is -2.24. The molecule has 1 aromatic rings. The SMILES string of the molecule is COc1cc(/C=C/COC(C)(C)CCCC(C)C)ccc1O. The van der Waals surface area contributed by atoms with Crippen molar-refractivity contribution in [2.75, 3.05) is 13.7 Å². The number of methoxy groups -OCH3 is 1. The van der Waals surface area contributed by atoms with Gasteiger partial charge in [-0.25, -0.2) is 0 Å². The normalized spacial score (nSPS) is 12.3. The minimum absolute atomic E-state index is 0.0914. The van der Waals surface area contributed by atoms with Crippen molar-refractivity contribution in [3.05, 3.63) is 29.8 Å². The van der Waals surface area contributed by atoms with E-state index in [4.69, 9.17) is 9.47 Å². The zero-order valence-electron chi connectivity index (χ0n) is 14.6. The quantitative estimate of drug-likeness (QED) is 0.695. The number of ether oxygens (including phenoxy) is 2. The van der Waals surface area contributed by atoms with Crippen LogP contribution in [0.4, 0.5) is 0 Å². The number of phenolic OH excluding ortho intramolecular Hbond substituents is 1. The topological polar surface area (TPSA) is 38.7 Å². The Morgan fingerprint density at radius 2 is 2.00 bits per heavy atom. The number of aromatic hydroxyl groups is 1. The summed E-state index contributed by atoms with van der Waals surface area (Å²) in [6, 6.07) is 5.29. The number of benzene rings is 1. The molecule has 0 aromatic heterocycles. The number of rotatable bonds is 9. The van der Waals surface area contributed by atoms with Crippen LogP contribution >= 0.6 is 0 Å². The zero-order chi connectivity index (χ0) is 16.6. The third kappa shape index (κ3) is 6.99. The Hall–Kier alpha value is -1.48. The van der Waals surface area contributed by atoms with Crippen LogP contribution in [0.3, 0.4) is 0 Å². The number of hydrogen-bond donors (Lipinski definition) is 1. The summed E-state index contributed by atoms with van der Waals surface area (Å²) in [6.07, 6.45) is 7.49. The molecular formula is C19H30O3. The molecule has 1 aromatic carbocycles. The molecule has 0 radical (unpaired) electrons. The largest absolute Gasteiger partial charge is 0.504 e. The average molecular weight is 306 g/mol. The van der Waals surface area contributed by atoms with E-state index in [1.807, 2.05) is 18.2 Å². The van der Waals surface area contributed by atoms with Gasteiger partial charge in [-0.15, -0.1) is 0 Å². The summed E-state index contributed by atoms with van der Waals surface area (Å²) in [6.45, 7) is 9.37. The van der Waals surface area contributed by atoms with Gasteiger partial charge in [-0.3, -0.25) is 0 Å². The first-order valence-corrected chi connectivity index (χ1v) is 8.01. The van der Waals surface area contributed by atoms with E-state index >= 15 is 0 Å². The molecule has 3 nitrogen and oxygen atoms in total. The monoisotopic (exact) mass is 306 g/mol. The van der Waals surface area contributed by atoms with Crippen LogP contribution < -0.4 is 4.74 Å². The summed E-state index contributed by atoms with van der Waals surface area (Å²) >= 11 is 0. The molecule has 0 amide bonds. The van der Waals surface area contributed by atoms with Gasteiger partial charge in [-0.1, -0.05) is 44.9 Å². The van der Waals surface area contributed by atoms with Crippen LogP contribution in [0.2, 0.25) is 0 Å². The summed E-state index contributed by atoms with van der Waals surface area (Å²) < 4.78 is 11.0. The molecular weight excluding hydrogens is 276 g/mol. The van der Waals surface area contributed by atoms with Crippen LogP contribution in [-0.2, 0) is 4.74 Å². The van der Waals surface area contributed by atoms with Crippen molar-refractivity contribution in [2.24, 2.45) is 5.92 Å². The van der Waals surface area contributed by atoms with Gasteiger partial charge in [0, 0.05) is 0 Å². The van der Waals surface area contributed by atoms with Gasteiger partial charge in [0.2, 0.25) is 0 Å². The molecule has 0 aliphatic heterocycles. The van der Waals surface area contributed by atoms with Crippen molar-refractivity contribution in [2.45, 2.75) is 52.6 Å². The van der Waals surface area contributed by atoms with E-state index < -0.39 is 0 Å². The van der Waals surface area contributed by atoms with Crippen molar-refractivity contribution < 1.29 is 14.6 Å². The van der Waals surface area contributed by atoms with Gasteiger partial charge in [-0.2, -0.15) is 0 Å². The highest BCUT2D eigenvalue weighted by molar-refractivity contribution is 5.55. The molecule has 0 aliphatic carbocycles. The molecule has 0 spiro atoms. The summed E-state index contributed by atoms with van der Waals surface area (Å²) in [5, 5.41) is 9.56. The van der Waals surface area contributed by atoms with Gasteiger partial charge in [0.25, 0.3) is 0 Å². The first kappa shape index (κ1) is 18.6. The molecule has 0 aliphatic rings. The first-order chi connectivity index (χ1) is 10.3. The number of hydrogen-bond acceptors (Lipinski definition) is 3. The molecule has 0 heterocycles. The third-order valence-corrected chi connectivity index (χ3v) is 3.64. The predicted molar refractivity (Wildman–Crippen MR) is 92.4 cm³/mol. The van der Waals surface area contributed by atoms with Gasteiger partial charge in [0.15, 0.2) is 11.5 Å². The summed E-state index contributed by atoms with van der Waals surface area (Å²) in [7, 11) is 1.55. The van der Waals surface area contributed by atoms with Crippen molar-refractivity contribution in [3.63, 3.8) is 0 Å². The van der Waals surface area contributed by atoms with Crippen LogP contribution in [0.1, 0.15) is 52.5 Å². The highest BCUT2D eigenvalue weighted by Crippen LogP contribution is 2.26. The fourth-order valence-corrected chi connectivity index (χ4v) is 2.26. The Labute approximate surface area is 135 Å². The highest BCUT2D eigenvalue weighted by Gasteiger charge is 2.17. The Morgan fingerprint density at radius 3 is 2.64 bits per heavy atom. The van der Waals surface area contributed by atoms with E-state index in [1.54, 1.807) is 19.2 Å². The minimum Gasteiger partial charge on any atom is -0.504 e. The average Bonchev–Trinajstić information content (AvgIpc) is 2.44. The molecule has 0 atom stereocenters. The van der Waals surface area contributed by atoms with E-state index in [-0.39, 0.29) is 11.4 Å². The van der Waals surface area contributed by atoms with Gasteiger partial charge in [0.1, 0.15) is 0 Å². The van der Waals surface area contributed by atoms with Crippen LogP contribution in [-0.4, -0.2) is 24.4 Å². The van der Waals surface area contributed by atoms with Crippen molar-refractivity contribution in [3.8, 4) is 11.5 Å². The van der Waals surface area contributed by atoms with Gasteiger partial charge in [-0.05, 0) is 43.9 Å². The molecule has 0 bridgehead atoms. The summed E-state index contributed by atoms with van der Waals surface area (Å²) in [5.41, 5.74) is 0.891. The van der Waals surface area contributed by atoms with Gasteiger partial charge in [0.05, 0.1) is 19.3 Å². The maximum absolute atomic E-state index is 9.56. The van der Waals surface area contributed by atoms with E-state index in [1.165, 1.54) is 12.8 Å². The van der Waals surface area contributed by atoms with Crippen LogP contribution in [0.5, 0.6) is 11.5 Å². The molecule has 1 rings (SSSR count). The minimum atomic E-state index is -0.0914. The van der Waals surface area contributed by atoms with Gasteiger partial charge < -0.3 is 14.6 Å². The number of phenols is 1. The smallest absolute Gasteiger partial charge is 0.161 e. The van der Waals surface area contributed by atoms with Crippen LogP contribution in [0.15, 0.2) is 24.3 Å². The molecule has 3 heteroatoms. The van der Waals surface area contributed by atoms with E-state index in [9.17, 15) is 5.11 Å².